The van der Waals surface area contributed by atoms with Gasteiger partial charge < -0.3 is 15.6 Å². The second-order valence-electron chi connectivity index (χ2n) is 4.11. The van der Waals surface area contributed by atoms with E-state index in [2.05, 4.69) is 0 Å². The molecule has 0 spiro atoms. The molecular formula is C13H19NO3. The van der Waals surface area contributed by atoms with Crippen molar-refractivity contribution in [2.45, 2.75) is 38.9 Å². The third-order valence-corrected chi connectivity index (χ3v) is 2.42. The summed E-state index contributed by atoms with van der Waals surface area (Å²) in [6.45, 7) is 3.59. The lowest BCUT2D eigenvalue weighted by Gasteiger charge is -2.14. The number of nitrogens with two attached hydrogens (primary N) is 1. The van der Waals surface area contributed by atoms with E-state index in [4.69, 9.17) is 10.5 Å². The molecule has 4 heteroatoms. The van der Waals surface area contributed by atoms with Gasteiger partial charge in [0.25, 0.3) is 5.91 Å². The van der Waals surface area contributed by atoms with Gasteiger partial charge in [0, 0.05) is 0 Å². The fourth-order valence-electron chi connectivity index (χ4n) is 1.55. The molecule has 0 heterocycles. The standard InChI is InChI=1S/C13H19NO3/c1-3-12(13(14)16)17-11-6-4-10(5-7-11)8-9(2)15/h4-7,9,12,15H,3,8H2,1-2H3,(H2,14,16). The van der Waals surface area contributed by atoms with E-state index in [1.807, 2.05) is 19.1 Å². The number of rotatable bonds is 6. The Labute approximate surface area is 101 Å². The highest BCUT2D eigenvalue weighted by atomic mass is 16.5. The highest BCUT2D eigenvalue weighted by molar-refractivity contribution is 5.79. The first-order valence-corrected chi connectivity index (χ1v) is 5.76. The molecule has 0 saturated heterocycles. The van der Waals surface area contributed by atoms with E-state index < -0.39 is 12.0 Å². The predicted molar refractivity (Wildman–Crippen MR) is 65.7 cm³/mol. The van der Waals surface area contributed by atoms with Crippen molar-refractivity contribution >= 4 is 5.91 Å². The Morgan fingerprint density at radius 3 is 2.41 bits per heavy atom. The molecule has 3 N–H and O–H groups in total. The van der Waals surface area contributed by atoms with Crippen LogP contribution in [0.25, 0.3) is 0 Å². The first-order valence-electron chi connectivity index (χ1n) is 5.76. The summed E-state index contributed by atoms with van der Waals surface area (Å²) in [6, 6.07) is 7.30. The fourth-order valence-corrected chi connectivity index (χ4v) is 1.55. The number of amides is 1. The van der Waals surface area contributed by atoms with Crippen LogP contribution >= 0.6 is 0 Å². The van der Waals surface area contributed by atoms with E-state index in [1.54, 1.807) is 19.1 Å². The molecule has 17 heavy (non-hydrogen) atoms. The average molecular weight is 237 g/mol. The monoisotopic (exact) mass is 237 g/mol. The van der Waals surface area contributed by atoms with Gasteiger partial charge in [0.2, 0.25) is 0 Å². The summed E-state index contributed by atoms with van der Waals surface area (Å²) in [4.78, 5) is 11.0. The molecule has 1 amide bonds. The quantitative estimate of drug-likeness (QED) is 0.782. The molecule has 1 aromatic carbocycles. The van der Waals surface area contributed by atoms with E-state index in [9.17, 15) is 9.90 Å². The molecule has 0 saturated carbocycles. The number of aliphatic hydroxyl groups is 1. The Kier molecular flexibility index (Phi) is 4.97. The minimum Gasteiger partial charge on any atom is -0.481 e. The molecule has 4 nitrogen and oxygen atoms in total. The molecule has 0 aliphatic heterocycles. The number of aliphatic hydroxyl groups excluding tert-OH is 1. The molecule has 1 rings (SSSR count). The maximum Gasteiger partial charge on any atom is 0.258 e. The van der Waals surface area contributed by atoms with Crippen molar-refractivity contribution in [3.8, 4) is 5.75 Å². The van der Waals surface area contributed by atoms with Crippen molar-refractivity contribution in [2.24, 2.45) is 5.73 Å². The number of primary amides is 1. The van der Waals surface area contributed by atoms with Gasteiger partial charge in [0.15, 0.2) is 6.10 Å². The van der Waals surface area contributed by atoms with Gasteiger partial charge >= 0.3 is 0 Å². The maximum atomic E-state index is 11.0. The van der Waals surface area contributed by atoms with Gasteiger partial charge in [-0.1, -0.05) is 19.1 Å². The third-order valence-electron chi connectivity index (χ3n) is 2.42. The zero-order valence-corrected chi connectivity index (χ0v) is 10.2. The zero-order chi connectivity index (χ0) is 12.8. The zero-order valence-electron chi connectivity index (χ0n) is 10.2. The lowest BCUT2D eigenvalue weighted by atomic mass is 10.1. The van der Waals surface area contributed by atoms with Gasteiger partial charge in [-0.15, -0.1) is 0 Å². The molecule has 1 aromatic rings. The van der Waals surface area contributed by atoms with Crippen LogP contribution in [0.4, 0.5) is 0 Å². The summed E-state index contributed by atoms with van der Waals surface area (Å²) < 4.78 is 5.45. The van der Waals surface area contributed by atoms with Crippen LogP contribution in [-0.4, -0.2) is 23.2 Å². The van der Waals surface area contributed by atoms with Crippen LogP contribution in [-0.2, 0) is 11.2 Å². The van der Waals surface area contributed by atoms with Crippen molar-refractivity contribution in [1.82, 2.24) is 0 Å². The van der Waals surface area contributed by atoms with Crippen LogP contribution in [0.15, 0.2) is 24.3 Å². The highest BCUT2D eigenvalue weighted by Crippen LogP contribution is 2.15. The fraction of sp³-hybridized carbons (Fsp3) is 0.462. The Balaban J connectivity index is 2.64. The Bertz CT molecular complexity index is 359. The highest BCUT2D eigenvalue weighted by Gasteiger charge is 2.14. The second kappa shape index (κ2) is 6.25. The topological polar surface area (TPSA) is 72.6 Å². The summed E-state index contributed by atoms with van der Waals surface area (Å²) in [5, 5.41) is 9.24. The van der Waals surface area contributed by atoms with Crippen LogP contribution in [0.5, 0.6) is 5.75 Å². The first-order chi connectivity index (χ1) is 8.02. The molecule has 2 unspecified atom stereocenters. The molecule has 0 fully saturated rings. The van der Waals surface area contributed by atoms with Crippen LogP contribution in [0.1, 0.15) is 25.8 Å². The van der Waals surface area contributed by atoms with Gasteiger partial charge in [-0.3, -0.25) is 4.79 Å². The van der Waals surface area contributed by atoms with Gasteiger partial charge in [-0.2, -0.15) is 0 Å². The van der Waals surface area contributed by atoms with Crippen LogP contribution in [0.2, 0.25) is 0 Å². The van der Waals surface area contributed by atoms with Crippen LogP contribution < -0.4 is 10.5 Å². The Morgan fingerprint density at radius 2 is 2.00 bits per heavy atom. The minimum atomic E-state index is -0.586. The molecular weight excluding hydrogens is 218 g/mol. The third kappa shape index (κ3) is 4.44. The summed E-state index contributed by atoms with van der Waals surface area (Å²) in [6.07, 6.45) is 0.200. The molecule has 0 aliphatic rings. The van der Waals surface area contributed by atoms with Gasteiger partial charge in [-0.25, -0.2) is 0 Å². The SMILES string of the molecule is CCC(Oc1ccc(CC(C)O)cc1)C(N)=O. The van der Waals surface area contributed by atoms with E-state index in [1.165, 1.54) is 0 Å². The van der Waals surface area contributed by atoms with E-state index in [-0.39, 0.29) is 6.10 Å². The Hall–Kier alpha value is -1.55. The number of benzene rings is 1. The van der Waals surface area contributed by atoms with Crippen molar-refractivity contribution in [1.29, 1.82) is 0 Å². The van der Waals surface area contributed by atoms with Crippen molar-refractivity contribution in [3.05, 3.63) is 29.8 Å². The number of hydrogen-bond acceptors (Lipinski definition) is 3. The summed E-state index contributed by atoms with van der Waals surface area (Å²) in [7, 11) is 0. The molecule has 0 radical (unpaired) electrons. The summed E-state index contributed by atoms with van der Waals surface area (Å²) in [5.41, 5.74) is 6.22. The minimum absolute atomic E-state index is 0.365. The number of ether oxygens (including phenoxy) is 1. The lowest BCUT2D eigenvalue weighted by molar-refractivity contribution is -0.124. The lowest BCUT2D eigenvalue weighted by Crippen LogP contribution is -2.32. The largest absolute Gasteiger partial charge is 0.481 e. The second-order valence-corrected chi connectivity index (χ2v) is 4.11. The first kappa shape index (κ1) is 13.5. The number of carbonyl (C=O) groups is 1. The maximum absolute atomic E-state index is 11.0. The van der Waals surface area contributed by atoms with E-state index >= 15 is 0 Å². The molecule has 0 aromatic heterocycles. The summed E-state index contributed by atoms with van der Waals surface area (Å²) >= 11 is 0. The van der Waals surface area contributed by atoms with Gasteiger partial charge in [-0.05, 0) is 37.5 Å². The van der Waals surface area contributed by atoms with Crippen molar-refractivity contribution in [3.63, 3.8) is 0 Å². The number of hydrogen-bond donors (Lipinski definition) is 2. The van der Waals surface area contributed by atoms with Gasteiger partial charge in [0.05, 0.1) is 6.10 Å². The molecule has 0 bridgehead atoms. The smallest absolute Gasteiger partial charge is 0.258 e. The van der Waals surface area contributed by atoms with Gasteiger partial charge in [0.1, 0.15) is 5.75 Å². The van der Waals surface area contributed by atoms with E-state index in [0.717, 1.165) is 5.56 Å². The van der Waals surface area contributed by atoms with E-state index in [0.29, 0.717) is 18.6 Å². The molecule has 94 valence electrons. The summed E-state index contributed by atoms with van der Waals surface area (Å²) in [5.74, 6) is 0.158. The Morgan fingerprint density at radius 1 is 1.41 bits per heavy atom. The van der Waals surface area contributed by atoms with Crippen LogP contribution in [0, 0.1) is 0 Å². The van der Waals surface area contributed by atoms with Crippen molar-refractivity contribution < 1.29 is 14.6 Å². The number of carbonyl (C=O) groups excluding carboxylic acids is 1. The van der Waals surface area contributed by atoms with Crippen LogP contribution in [0.3, 0.4) is 0 Å². The normalized spacial score (nSPS) is 14.1. The van der Waals surface area contributed by atoms with Crippen molar-refractivity contribution in [2.75, 3.05) is 0 Å². The average Bonchev–Trinajstić information content (AvgIpc) is 2.26. The molecule has 0 aliphatic carbocycles. The molecule has 2 atom stereocenters. The predicted octanol–water partition coefficient (Wildman–Crippen LogP) is 1.25.